The van der Waals surface area contributed by atoms with E-state index in [1.807, 2.05) is 0 Å². The van der Waals surface area contributed by atoms with Gasteiger partial charge in [-0.3, -0.25) is 19.5 Å². The summed E-state index contributed by atoms with van der Waals surface area (Å²) in [4.78, 5) is 39.4. The number of fused-ring (bicyclic) bond motifs is 1. The molecular weight excluding hydrogens is 348 g/mol. The lowest BCUT2D eigenvalue weighted by molar-refractivity contribution is -0.135. The highest BCUT2D eigenvalue weighted by Gasteiger charge is 2.23. The molecule has 0 aliphatic heterocycles. The van der Waals surface area contributed by atoms with Crippen LogP contribution in [0, 0.1) is 0 Å². The second kappa shape index (κ2) is 8.15. The number of nitrogens with one attached hydrogen (secondary N) is 2. The van der Waals surface area contributed by atoms with E-state index in [-0.39, 0.29) is 29.5 Å². The second-order valence-electron chi connectivity index (χ2n) is 6.12. The van der Waals surface area contributed by atoms with Gasteiger partial charge in [0.25, 0.3) is 5.91 Å². The number of halogens is 1. The molecular formula is C16H21ClN4O4. The molecule has 25 heavy (non-hydrogen) atoms. The fraction of sp³-hybridized carbons (Fsp3) is 0.500. The van der Waals surface area contributed by atoms with Gasteiger partial charge in [0.15, 0.2) is 11.1 Å². The molecule has 0 saturated heterocycles. The summed E-state index contributed by atoms with van der Waals surface area (Å²) >= 11 is 0. The van der Waals surface area contributed by atoms with Crippen LogP contribution in [-0.4, -0.2) is 38.1 Å². The molecule has 2 aromatic rings. The molecule has 0 spiro atoms. The number of carbonyl (C=O) groups is 2. The highest BCUT2D eigenvalue weighted by atomic mass is 35.5. The fourth-order valence-electron chi connectivity index (χ4n) is 3.35. The number of carbonyl (C=O) groups excluding carboxylic acids is 1. The largest absolute Gasteiger partial charge is 0.480 e. The van der Waals surface area contributed by atoms with Gasteiger partial charge in [0.2, 0.25) is 0 Å². The molecule has 1 aliphatic rings. The van der Waals surface area contributed by atoms with Crippen molar-refractivity contribution >= 4 is 29.9 Å². The molecule has 2 aromatic heterocycles. The van der Waals surface area contributed by atoms with Gasteiger partial charge in [-0.2, -0.15) is 0 Å². The first-order valence-corrected chi connectivity index (χ1v) is 8.17. The van der Waals surface area contributed by atoms with Gasteiger partial charge in [-0.1, -0.05) is 25.7 Å². The number of aliphatic carboxylic acids is 1. The average Bonchev–Trinajstić information content (AvgIpc) is 2.86. The van der Waals surface area contributed by atoms with Crippen LogP contribution >= 0.6 is 12.4 Å². The van der Waals surface area contributed by atoms with Crippen molar-refractivity contribution in [2.45, 2.75) is 44.4 Å². The van der Waals surface area contributed by atoms with Crippen molar-refractivity contribution in [2.24, 2.45) is 0 Å². The summed E-state index contributed by atoms with van der Waals surface area (Å²) in [7, 11) is 0. The first-order valence-electron chi connectivity index (χ1n) is 8.17. The quantitative estimate of drug-likeness (QED) is 0.710. The number of amides is 1. The van der Waals surface area contributed by atoms with Crippen LogP contribution in [0.1, 0.15) is 60.5 Å². The van der Waals surface area contributed by atoms with Crippen LogP contribution in [0.3, 0.4) is 0 Å². The standard InChI is InChI=1S/C16H20N4O4.ClH/c21-12-7-11(10-5-3-1-2-4-6-10)20-15(18-9-19-20)14(12)16(24)17-8-13(22)23;/h7,9-10H,1-6,8H2,(H,17,24)(H,18,19)(H,22,23);1H. The number of hydrogen-bond donors (Lipinski definition) is 3. The van der Waals surface area contributed by atoms with E-state index in [2.05, 4.69) is 15.4 Å². The zero-order chi connectivity index (χ0) is 17.1. The zero-order valence-electron chi connectivity index (χ0n) is 13.7. The first kappa shape index (κ1) is 19.0. The zero-order valence-corrected chi connectivity index (χ0v) is 14.5. The van der Waals surface area contributed by atoms with Crippen LogP contribution in [0.2, 0.25) is 0 Å². The predicted molar refractivity (Wildman–Crippen MR) is 93.5 cm³/mol. The number of H-pyrrole nitrogens is 1. The van der Waals surface area contributed by atoms with Gasteiger partial charge in [-0.15, -0.1) is 12.4 Å². The average molecular weight is 369 g/mol. The molecule has 0 atom stereocenters. The monoisotopic (exact) mass is 368 g/mol. The molecule has 0 aromatic carbocycles. The SMILES string of the molecule is Cl.O=C(O)CNC(=O)c1c(=O)cc(C2CCCCCC2)n2[nH]cnc12. The van der Waals surface area contributed by atoms with Gasteiger partial charge >= 0.3 is 5.97 Å². The number of pyridine rings is 1. The third-order valence-electron chi connectivity index (χ3n) is 4.49. The Labute approximate surface area is 150 Å². The number of hydrogen-bond acceptors (Lipinski definition) is 4. The molecule has 136 valence electrons. The minimum absolute atomic E-state index is 0. The van der Waals surface area contributed by atoms with E-state index in [9.17, 15) is 14.4 Å². The van der Waals surface area contributed by atoms with Crippen molar-refractivity contribution in [3.05, 3.63) is 33.9 Å². The number of rotatable bonds is 4. The molecule has 1 saturated carbocycles. The van der Waals surface area contributed by atoms with Crippen LogP contribution in [0.5, 0.6) is 0 Å². The third-order valence-corrected chi connectivity index (χ3v) is 4.49. The highest BCUT2D eigenvalue weighted by Crippen LogP contribution is 2.31. The smallest absolute Gasteiger partial charge is 0.322 e. The molecule has 9 heteroatoms. The molecule has 3 N–H and O–H groups in total. The maximum absolute atomic E-state index is 12.5. The van der Waals surface area contributed by atoms with E-state index in [0.29, 0.717) is 0 Å². The van der Waals surface area contributed by atoms with E-state index in [0.717, 1.165) is 31.4 Å². The molecule has 3 rings (SSSR count). The second-order valence-corrected chi connectivity index (χ2v) is 6.12. The lowest BCUT2D eigenvalue weighted by Gasteiger charge is -2.16. The fourth-order valence-corrected chi connectivity index (χ4v) is 3.35. The molecule has 2 heterocycles. The van der Waals surface area contributed by atoms with Crippen LogP contribution in [0.4, 0.5) is 0 Å². The number of carboxylic acid groups (broad SMARTS) is 1. The molecule has 0 bridgehead atoms. The Balaban J connectivity index is 0.00000225. The third kappa shape index (κ3) is 4.01. The van der Waals surface area contributed by atoms with Gasteiger partial charge < -0.3 is 10.4 Å². The number of carboxylic acids is 1. The molecule has 1 aliphatic carbocycles. The summed E-state index contributed by atoms with van der Waals surface area (Å²) in [5, 5.41) is 13.9. The van der Waals surface area contributed by atoms with E-state index < -0.39 is 23.9 Å². The molecule has 0 unspecified atom stereocenters. The van der Waals surface area contributed by atoms with E-state index in [1.54, 1.807) is 4.52 Å². The number of aromatic amines is 1. The minimum Gasteiger partial charge on any atom is -0.480 e. The maximum atomic E-state index is 12.5. The summed E-state index contributed by atoms with van der Waals surface area (Å²) in [5.74, 6) is -1.64. The summed E-state index contributed by atoms with van der Waals surface area (Å²) in [6.07, 6.45) is 8.09. The minimum atomic E-state index is -1.17. The van der Waals surface area contributed by atoms with E-state index >= 15 is 0 Å². The maximum Gasteiger partial charge on any atom is 0.322 e. The highest BCUT2D eigenvalue weighted by molar-refractivity contribution is 6.00. The van der Waals surface area contributed by atoms with Gasteiger partial charge in [-0.25, -0.2) is 9.50 Å². The molecule has 8 nitrogen and oxygen atoms in total. The summed E-state index contributed by atoms with van der Waals surface area (Å²) in [6.45, 7) is -0.542. The van der Waals surface area contributed by atoms with Crippen molar-refractivity contribution in [1.82, 2.24) is 19.9 Å². The van der Waals surface area contributed by atoms with Crippen molar-refractivity contribution in [3.63, 3.8) is 0 Å². The van der Waals surface area contributed by atoms with E-state index in [1.165, 1.54) is 25.2 Å². The normalized spacial score (nSPS) is 15.4. The van der Waals surface area contributed by atoms with Crippen LogP contribution in [0.15, 0.2) is 17.2 Å². The van der Waals surface area contributed by atoms with Crippen LogP contribution in [0.25, 0.3) is 5.65 Å². The van der Waals surface area contributed by atoms with E-state index in [4.69, 9.17) is 5.11 Å². The van der Waals surface area contributed by atoms with Gasteiger partial charge in [0.05, 0.1) is 0 Å². The Hall–Kier alpha value is -2.35. The van der Waals surface area contributed by atoms with Gasteiger partial charge in [0, 0.05) is 17.7 Å². The lowest BCUT2D eigenvalue weighted by atomic mass is 9.95. The molecule has 1 fully saturated rings. The summed E-state index contributed by atoms with van der Waals surface area (Å²) in [5.41, 5.74) is 0.521. The first-order chi connectivity index (χ1) is 11.6. The predicted octanol–water partition coefficient (Wildman–Crippen LogP) is 1.70. The van der Waals surface area contributed by atoms with Crippen molar-refractivity contribution in [3.8, 4) is 0 Å². The Bertz CT molecular complexity index is 821. The molecule has 0 radical (unpaired) electrons. The van der Waals surface area contributed by atoms with Gasteiger partial charge in [0.1, 0.15) is 18.4 Å². The van der Waals surface area contributed by atoms with Crippen LogP contribution in [-0.2, 0) is 4.79 Å². The van der Waals surface area contributed by atoms with Crippen molar-refractivity contribution in [2.75, 3.05) is 6.54 Å². The Morgan fingerprint density at radius 1 is 1.28 bits per heavy atom. The Morgan fingerprint density at radius 2 is 1.96 bits per heavy atom. The summed E-state index contributed by atoms with van der Waals surface area (Å²) < 4.78 is 1.67. The lowest BCUT2D eigenvalue weighted by Crippen LogP contribution is -2.33. The van der Waals surface area contributed by atoms with Crippen molar-refractivity contribution in [1.29, 1.82) is 0 Å². The number of aromatic nitrogens is 3. The van der Waals surface area contributed by atoms with Gasteiger partial charge in [-0.05, 0) is 12.8 Å². The van der Waals surface area contributed by atoms with Crippen molar-refractivity contribution < 1.29 is 14.7 Å². The topological polar surface area (TPSA) is 117 Å². The molecule has 1 amide bonds. The number of nitrogens with zero attached hydrogens (tertiary/aromatic N) is 2. The van der Waals surface area contributed by atoms with Crippen LogP contribution < -0.4 is 10.7 Å². The Morgan fingerprint density at radius 3 is 2.60 bits per heavy atom. The summed E-state index contributed by atoms with van der Waals surface area (Å²) in [6, 6.07) is 1.48. The Kier molecular flexibility index (Phi) is 6.19.